The summed E-state index contributed by atoms with van der Waals surface area (Å²) in [6.07, 6.45) is -1.90. The second-order valence-corrected chi connectivity index (χ2v) is 8.30. The number of fused-ring (bicyclic) bond motifs is 1. The topological polar surface area (TPSA) is 103 Å². The summed E-state index contributed by atoms with van der Waals surface area (Å²) >= 11 is 0. The van der Waals surface area contributed by atoms with Crippen LogP contribution in [0.3, 0.4) is 0 Å². The molecule has 32 heavy (non-hydrogen) atoms. The second-order valence-electron chi connectivity index (χ2n) is 6.53. The fourth-order valence-electron chi connectivity index (χ4n) is 2.72. The highest BCUT2D eigenvalue weighted by molar-refractivity contribution is 7.89. The number of carbonyl (C=O) groups is 1. The zero-order valence-electron chi connectivity index (χ0n) is 16.7. The maximum absolute atomic E-state index is 12.2. The summed E-state index contributed by atoms with van der Waals surface area (Å²) in [5.41, 5.74) is 0.882. The van der Waals surface area contributed by atoms with E-state index in [1.165, 1.54) is 36.1 Å². The van der Waals surface area contributed by atoms with E-state index in [-0.39, 0.29) is 10.6 Å². The molecule has 0 aliphatic carbocycles. The van der Waals surface area contributed by atoms with Gasteiger partial charge in [-0.1, -0.05) is 0 Å². The molecule has 0 aromatic heterocycles. The van der Waals surface area contributed by atoms with Crippen molar-refractivity contribution < 1.29 is 40.6 Å². The molecule has 0 saturated carbocycles. The molecule has 0 saturated heterocycles. The highest BCUT2D eigenvalue weighted by atomic mass is 32.2. The van der Waals surface area contributed by atoms with Crippen LogP contribution < -0.4 is 24.2 Å². The number of alkyl halides is 3. The predicted molar refractivity (Wildman–Crippen MR) is 109 cm³/mol. The molecule has 2 aromatic rings. The van der Waals surface area contributed by atoms with Gasteiger partial charge >= 0.3 is 6.18 Å². The van der Waals surface area contributed by atoms with Crippen LogP contribution in [0.15, 0.2) is 47.4 Å². The van der Waals surface area contributed by atoms with E-state index in [2.05, 4.69) is 5.32 Å². The van der Waals surface area contributed by atoms with Gasteiger partial charge in [0.05, 0.1) is 12.0 Å². The van der Waals surface area contributed by atoms with Crippen LogP contribution in [0.2, 0.25) is 0 Å². The highest BCUT2D eigenvalue weighted by Crippen LogP contribution is 2.40. The van der Waals surface area contributed by atoms with Gasteiger partial charge in [0.1, 0.15) is 19.8 Å². The summed E-state index contributed by atoms with van der Waals surface area (Å²) in [7, 11) is -2.85. The molecule has 1 heterocycles. The average Bonchev–Trinajstić information content (AvgIpc) is 2.76. The zero-order chi connectivity index (χ0) is 23.4. The molecule has 12 heteroatoms. The third-order valence-corrected chi connectivity index (χ3v) is 5.59. The van der Waals surface area contributed by atoms with Crippen molar-refractivity contribution in [3.63, 3.8) is 0 Å². The zero-order valence-corrected chi connectivity index (χ0v) is 17.5. The van der Waals surface area contributed by atoms with Crippen LogP contribution in [-0.2, 0) is 14.8 Å². The van der Waals surface area contributed by atoms with E-state index in [1.54, 1.807) is 12.1 Å². The molecule has 0 atom stereocenters. The number of anilines is 1. The Balaban J connectivity index is 1.65. The van der Waals surface area contributed by atoms with Crippen LogP contribution in [0.5, 0.6) is 17.2 Å². The van der Waals surface area contributed by atoms with Crippen molar-refractivity contribution in [1.29, 1.82) is 0 Å². The molecule has 172 valence electrons. The highest BCUT2D eigenvalue weighted by Gasteiger charge is 2.30. The quantitative estimate of drug-likeness (QED) is 0.601. The van der Waals surface area contributed by atoms with Crippen molar-refractivity contribution in [2.24, 2.45) is 0 Å². The predicted octanol–water partition coefficient (Wildman–Crippen LogP) is 2.96. The minimum absolute atomic E-state index is 0.258. The van der Waals surface area contributed by atoms with E-state index < -0.39 is 28.7 Å². The lowest BCUT2D eigenvalue weighted by molar-refractivity contribution is -0.121. The number of ether oxygens (including phenoxy) is 3. The van der Waals surface area contributed by atoms with Crippen LogP contribution >= 0.6 is 0 Å². The largest absolute Gasteiger partial charge is 0.493 e. The molecule has 2 N–H and O–H groups in total. The summed E-state index contributed by atoms with van der Waals surface area (Å²) in [5, 5.41) is 2.53. The first-order valence-electron chi connectivity index (χ1n) is 9.20. The molecule has 1 aliphatic rings. The number of methoxy groups -OCH3 is 1. The lowest BCUT2D eigenvalue weighted by atomic mass is 10.1. The van der Waals surface area contributed by atoms with E-state index in [1.807, 2.05) is 0 Å². The van der Waals surface area contributed by atoms with Crippen LogP contribution in [-0.4, -0.2) is 47.4 Å². The number of sulfonamides is 1. The first-order valence-corrected chi connectivity index (χ1v) is 10.7. The first-order chi connectivity index (χ1) is 15.1. The van der Waals surface area contributed by atoms with Crippen molar-refractivity contribution in [1.82, 2.24) is 4.72 Å². The maximum atomic E-state index is 12.2. The number of hydrogen-bond donors (Lipinski definition) is 2. The molecule has 1 amide bonds. The van der Waals surface area contributed by atoms with Gasteiger partial charge in [0.25, 0.3) is 0 Å². The van der Waals surface area contributed by atoms with Gasteiger partial charge in [0, 0.05) is 11.8 Å². The van der Waals surface area contributed by atoms with Gasteiger partial charge in [-0.05, 0) is 48.0 Å². The fraction of sp³-hybridized carbons (Fsp3) is 0.250. The minimum Gasteiger partial charge on any atom is -0.493 e. The van der Waals surface area contributed by atoms with Crippen molar-refractivity contribution in [2.75, 3.05) is 32.2 Å². The van der Waals surface area contributed by atoms with Gasteiger partial charge in [0.2, 0.25) is 21.7 Å². The Hall–Kier alpha value is -3.25. The van der Waals surface area contributed by atoms with E-state index in [4.69, 9.17) is 14.2 Å². The summed E-state index contributed by atoms with van der Waals surface area (Å²) in [6, 6.07) is 8.06. The number of amides is 1. The number of benzene rings is 2. The molecule has 0 fully saturated rings. The van der Waals surface area contributed by atoms with E-state index in [9.17, 15) is 26.4 Å². The van der Waals surface area contributed by atoms with Crippen molar-refractivity contribution >= 4 is 27.7 Å². The standard InChI is InChI=1S/C20H19F3N2O6S/c1-29-16-10-13(11-17-19(16)31-9-8-30-17)2-7-18(26)25-14-3-5-15(6-4-14)32(27,28)24-12-20(21,22)23/h2-7,10-11,24H,8-9,12H2,1H3,(H,25,26)/b7-2+. The van der Waals surface area contributed by atoms with Crippen LogP contribution in [0.25, 0.3) is 6.08 Å². The Bertz CT molecular complexity index is 1100. The summed E-state index contributed by atoms with van der Waals surface area (Å²) < 4.78 is 78.2. The van der Waals surface area contributed by atoms with Crippen molar-refractivity contribution in [3.05, 3.63) is 48.0 Å². The van der Waals surface area contributed by atoms with Gasteiger partial charge in [-0.2, -0.15) is 13.2 Å². The summed E-state index contributed by atoms with van der Waals surface area (Å²) in [4.78, 5) is 11.8. The molecule has 0 spiro atoms. The van der Waals surface area contributed by atoms with E-state index in [0.717, 1.165) is 12.1 Å². The molecule has 3 rings (SSSR count). The Morgan fingerprint density at radius 2 is 1.84 bits per heavy atom. The number of halogens is 3. The van der Waals surface area contributed by atoms with Gasteiger partial charge < -0.3 is 19.5 Å². The minimum atomic E-state index is -4.67. The third kappa shape index (κ3) is 6.14. The molecule has 1 aliphatic heterocycles. The van der Waals surface area contributed by atoms with Gasteiger partial charge in [0.15, 0.2) is 11.5 Å². The third-order valence-electron chi connectivity index (χ3n) is 4.17. The number of nitrogens with one attached hydrogen (secondary N) is 2. The van der Waals surface area contributed by atoms with Gasteiger partial charge in [-0.15, -0.1) is 0 Å². The number of hydrogen-bond acceptors (Lipinski definition) is 6. The van der Waals surface area contributed by atoms with Crippen molar-refractivity contribution in [3.8, 4) is 17.2 Å². The Kier molecular flexibility index (Phi) is 6.94. The maximum Gasteiger partial charge on any atom is 0.402 e. The molecule has 2 aromatic carbocycles. The lowest BCUT2D eigenvalue weighted by Crippen LogP contribution is -2.33. The smallest absolute Gasteiger partial charge is 0.402 e. The molecule has 0 radical (unpaired) electrons. The SMILES string of the molecule is COc1cc(/C=C/C(=O)Nc2ccc(S(=O)(=O)NCC(F)(F)F)cc2)cc2c1OCCO2. The fourth-order valence-corrected chi connectivity index (χ4v) is 3.74. The molecule has 8 nitrogen and oxygen atoms in total. The Morgan fingerprint density at radius 3 is 2.50 bits per heavy atom. The Morgan fingerprint density at radius 1 is 1.16 bits per heavy atom. The normalized spacial score (nSPS) is 13.8. The molecule has 0 unspecified atom stereocenters. The van der Waals surface area contributed by atoms with Gasteiger partial charge in [-0.3, -0.25) is 4.79 Å². The van der Waals surface area contributed by atoms with E-state index in [0.29, 0.717) is 36.0 Å². The Labute approximate surface area is 182 Å². The van der Waals surface area contributed by atoms with Crippen LogP contribution in [0, 0.1) is 0 Å². The monoisotopic (exact) mass is 472 g/mol. The molecular formula is C20H19F3N2O6S. The second kappa shape index (κ2) is 9.49. The summed E-state index contributed by atoms with van der Waals surface area (Å²) in [6.45, 7) is -0.885. The van der Waals surface area contributed by atoms with Crippen LogP contribution in [0.1, 0.15) is 5.56 Å². The van der Waals surface area contributed by atoms with E-state index >= 15 is 0 Å². The molecular weight excluding hydrogens is 453 g/mol. The van der Waals surface area contributed by atoms with Gasteiger partial charge in [-0.25, -0.2) is 13.1 Å². The number of rotatable bonds is 7. The lowest BCUT2D eigenvalue weighted by Gasteiger charge is -2.20. The van der Waals surface area contributed by atoms with Crippen LogP contribution in [0.4, 0.5) is 18.9 Å². The summed E-state index contributed by atoms with van der Waals surface area (Å²) in [5.74, 6) is 0.926. The average molecular weight is 472 g/mol. The molecule has 0 bridgehead atoms. The van der Waals surface area contributed by atoms with Crippen molar-refractivity contribution in [2.45, 2.75) is 11.1 Å². The first kappa shape index (κ1) is 23.4. The number of carbonyl (C=O) groups excluding carboxylic acids is 1.